The number of rotatable bonds is 7. The molecule has 7 heteroatoms. The quantitative estimate of drug-likeness (QED) is 0.807. The summed E-state index contributed by atoms with van der Waals surface area (Å²) in [5.74, 6) is 0.567. The summed E-state index contributed by atoms with van der Waals surface area (Å²) in [6.45, 7) is 10.1. The number of nitrogens with one attached hydrogen (secondary N) is 1. The lowest BCUT2D eigenvalue weighted by molar-refractivity contribution is -0.136. The Morgan fingerprint density at radius 2 is 1.81 bits per heavy atom. The van der Waals surface area contributed by atoms with E-state index in [4.69, 9.17) is 4.42 Å². The van der Waals surface area contributed by atoms with Gasteiger partial charge in [-0.1, -0.05) is 17.7 Å². The molecule has 146 valence electrons. The van der Waals surface area contributed by atoms with Gasteiger partial charge in [-0.3, -0.25) is 9.59 Å². The fraction of sp³-hybridized carbons (Fsp3) is 0.500. The Bertz CT molecular complexity index is 775. The molecule has 0 aliphatic rings. The van der Waals surface area contributed by atoms with Gasteiger partial charge >= 0.3 is 0 Å². The van der Waals surface area contributed by atoms with Crippen LogP contribution >= 0.6 is 0 Å². The van der Waals surface area contributed by atoms with E-state index >= 15 is 0 Å². The standard InChI is InChI=1S/C20H28N4O3/c1-6-24(13-16(25)21-20(3,4)5)18(26)12-11-17-22-23-19(27-17)15-9-7-14(2)8-10-15/h7-10H,6,11-13H2,1-5H3,(H,21,25). The zero-order valence-electron chi connectivity index (χ0n) is 16.7. The van der Waals surface area contributed by atoms with Crippen LogP contribution in [-0.4, -0.2) is 45.5 Å². The maximum atomic E-state index is 12.4. The number of aromatic nitrogens is 2. The number of aryl methyl sites for hydroxylation is 2. The minimum atomic E-state index is -0.324. The minimum Gasteiger partial charge on any atom is -0.421 e. The molecular weight excluding hydrogens is 344 g/mol. The summed E-state index contributed by atoms with van der Waals surface area (Å²) in [6.07, 6.45) is 0.557. The van der Waals surface area contributed by atoms with E-state index in [0.717, 1.165) is 11.1 Å². The highest BCUT2D eigenvalue weighted by Crippen LogP contribution is 2.18. The van der Waals surface area contributed by atoms with Crippen LogP contribution in [0, 0.1) is 6.92 Å². The van der Waals surface area contributed by atoms with E-state index in [9.17, 15) is 9.59 Å². The highest BCUT2D eigenvalue weighted by Gasteiger charge is 2.20. The van der Waals surface area contributed by atoms with Crippen molar-refractivity contribution in [1.29, 1.82) is 0 Å². The molecular formula is C20H28N4O3. The van der Waals surface area contributed by atoms with Gasteiger partial charge in [-0.2, -0.15) is 0 Å². The molecule has 0 atom stereocenters. The van der Waals surface area contributed by atoms with Crippen molar-refractivity contribution in [2.45, 2.75) is 53.0 Å². The average molecular weight is 372 g/mol. The Morgan fingerprint density at radius 3 is 2.41 bits per heavy atom. The molecule has 1 N–H and O–H groups in total. The maximum Gasteiger partial charge on any atom is 0.247 e. The third-order valence-corrected chi connectivity index (χ3v) is 3.90. The fourth-order valence-electron chi connectivity index (χ4n) is 2.55. The number of carbonyl (C=O) groups excluding carboxylic acids is 2. The van der Waals surface area contributed by atoms with Crippen molar-refractivity contribution in [2.75, 3.05) is 13.1 Å². The molecule has 0 aliphatic heterocycles. The third kappa shape index (κ3) is 6.51. The summed E-state index contributed by atoms with van der Waals surface area (Å²) in [5, 5.41) is 10.9. The smallest absolute Gasteiger partial charge is 0.247 e. The van der Waals surface area contributed by atoms with Crippen molar-refractivity contribution in [3.63, 3.8) is 0 Å². The molecule has 7 nitrogen and oxygen atoms in total. The van der Waals surface area contributed by atoms with Crippen molar-refractivity contribution in [3.05, 3.63) is 35.7 Å². The summed E-state index contributed by atoms with van der Waals surface area (Å²) < 4.78 is 5.65. The highest BCUT2D eigenvalue weighted by molar-refractivity contribution is 5.85. The average Bonchev–Trinajstić information content (AvgIpc) is 3.05. The van der Waals surface area contributed by atoms with E-state index in [0.29, 0.717) is 24.7 Å². The third-order valence-electron chi connectivity index (χ3n) is 3.90. The topological polar surface area (TPSA) is 88.3 Å². The Balaban J connectivity index is 1.90. The first-order valence-corrected chi connectivity index (χ1v) is 9.16. The Hall–Kier alpha value is -2.70. The van der Waals surface area contributed by atoms with E-state index in [1.54, 1.807) is 0 Å². The van der Waals surface area contributed by atoms with E-state index in [1.807, 2.05) is 58.9 Å². The first kappa shape index (κ1) is 20.6. The molecule has 0 aliphatic carbocycles. The summed E-state index contributed by atoms with van der Waals surface area (Å²) in [7, 11) is 0. The molecule has 2 rings (SSSR count). The lowest BCUT2D eigenvalue weighted by Gasteiger charge is -2.25. The van der Waals surface area contributed by atoms with Gasteiger partial charge in [-0.15, -0.1) is 10.2 Å². The van der Waals surface area contributed by atoms with Crippen LogP contribution in [0.1, 0.15) is 45.6 Å². The van der Waals surface area contributed by atoms with Gasteiger partial charge in [0.2, 0.25) is 23.6 Å². The van der Waals surface area contributed by atoms with E-state index in [1.165, 1.54) is 4.90 Å². The molecule has 0 bridgehead atoms. The zero-order valence-corrected chi connectivity index (χ0v) is 16.7. The van der Waals surface area contributed by atoms with Crippen molar-refractivity contribution in [2.24, 2.45) is 0 Å². The van der Waals surface area contributed by atoms with Crippen LogP contribution in [0.5, 0.6) is 0 Å². The predicted molar refractivity (Wildman–Crippen MR) is 103 cm³/mol. The van der Waals surface area contributed by atoms with Gasteiger partial charge in [0, 0.05) is 30.5 Å². The van der Waals surface area contributed by atoms with Crippen LogP contribution in [0.4, 0.5) is 0 Å². The van der Waals surface area contributed by atoms with Gasteiger partial charge in [-0.05, 0) is 46.8 Å². The van der Waals surface area contributed by atoms with E-state index in [2.05, 4.69) is 15.5 Å². The molecule has 0 radical (unpaired) electrons. The normalized spacial score (nSPS) is 11.3. The van der Waals surface area contributed by atoms with Crippen molar-refractivity contribution < 1.29 is 14.0 Å². The molecule has 0 spiro atoms. The summed E-state index contributed by atoms with van der Waals surface area (Å²) >= 11 is 0. The Morgan fingerprint density at radius 1 is 1.15 bits per heavy atom. The molecule has 1 aromatic heterocycles. The zero-order chi connectivity index (χ0) is 20.0. The Labute approximate surface area is 160 Å². The number of hydrogen-bond acceptors (Lipinski definition) is 5. The lowest BCUT2D eigenvalue weighted by atomic mass is 10.1. The number of hydrogen-bond donors (Lipinski definition) is 1. The second kappa shape index (κ2) is 8.79. The van der Waals surface area contributed by atoms with E-state index < -0.39 is 0 Å². The summed E-state index contributed by atoms with van der Waals surface area (Å²) in [4.78, 5) is 26.0. The van der Waals surface area contributed by atoms with Crippen LogP contribution in [0.2, 0.25) is 0 Å². The van der Waals surface area contributed by atoms with Gasteiger partial charge in [-0.25, -0.2) is 0 Å². The van der Waals surface area contributed by atoms with Crippen molar-refractivity contribution in [3.8, 4) is 11.5 Å². The fourth-order valence-corrected chi connectivity index (χ4v) is 2.55. The van der Waals surface area contributed by atoms with Crippen LogP contribution in [0.3, 0.4) is 0 Å². The SMILES string of the molecule is CCN(CC(=O)NC(C)(C)C)C(=O)CCc1nnc(-c2ccc(C)cc2)o1. The van der Waals surface area contributed by atoms with Crippen LogP contribution in [0.15, 0.2) is 28.7 Å². The van der Waals surface area contributed by atoms with Crippen LogP contribution < -0.4 is 5.32 Å². The number of benzene rings is 1. The van der Waals surface area contributed by atoms with E-state index in [-0.39, 0.29) is 30.3 Å². The summed E-state index contributed by atoms with van der Waals surface area (Å²) in [5.41, 5.74) is 1.68. The monoisotopic (exact) mass is 372 g/mol. The van der Waals surface area contributed by atoms with Crippen LogP contribution in [-0.2, 0) is 16.0 Å². The number of carbonyl (C=O) groups is 2. The molecule has 0 unspecified atom stereocenters. The maximum absolute atomic E-state index is 12.4. The largest absolute Gasteiger partial charge is 0.421 e. The molecule has 0 saturated heterocycles. The minimum absolute atomic E-state index is 0.0467. The van der Waals surface area contributed by atoms with Gasteiger partial charge in [0.25, 0.3) is 0 Å². The van der Waals surface area contributed by atoms with Gasteiger partial charge in [0.05, 0.1) is 6.54 Å². The van der Waals surface area contributed by atoms with Gasteiger partial charge in [0.15, 0.2) is 0 Å². The predicted octanol–water partition coefficient (Wildman–Crippen LogP) is 2.74. The van der Waals surface area contributed by atoms with Crippen molar-refractivity contribution >= 4 is 11.8 Å². The number of nitrogens with zero attached hydrogens (tertiary/aromatic N) is 3. The first-order valence-electron chi connectivity index (χ1n) is 9.16. The number of amides is 2. The first-order chi connectivity index (χ1) is 12.7. The lowest BCUT2D eigenvalue weighted by Crippen LogP contribution is -2.47. The second-order valence-electron chi connectivity index (χ2n) is 7.57. The van der Waals surface area contributed by atoms with Crippen LogP contribution in [0.25, 0.3) is 11.5 Å². The molecule has 1 heterocycles. The molecule has 2 amide bonds. The molecule has 27 heavy (non-hydrogen) atoms. The Kier molecular flexibility index (Phi) is 6.71. The van der Waals surface area contributed by atoms with Gasteiger partial charge in [0.1, 0.15) is 0 Å². The highest BCUT2D eigenvalue weighted by atomic mass is 16.4. The molecule has 1 aromatic carbocycles. The van der Waals surface area contributed by atoms with Crippen molar-refractivity contribution in [1.82, 2.24) is 20.4 Å². The molecule has 0 fully saturated rings. The van der Waals surface area contributed by atoms with Gasteiger partial charge < -0.3 is 14.6 Å². The summed E-state index contributed by atoms with van der Waals surface area (Å²) in [6, 6.07) is 7.80. The molecule has 0 saturated carbocycles. The number of likely N-dealkylation sites (N-methyl/N-ethyl adjacent to an activating group) is 1. The molecule has 2 aromatic rings. The second-order valence-corrected chi connectivity index (χ2v) is 7.57.